The normalized spacial score (nSPS) is 11.3. The Morgan fingerprint density at radius 3 is 2.17 bits per heavy atom. The van der Waals surface area contributed by atoms with Crippen molar-refractivity contribution in [2.45, 2.75) is 11.4 Å². The lowest BCUT2D eigenvalue weighted by Crippen LogP contribution is -2.37. The average molecular weight is 541 g/mol. The molecule has 0 aliphatic carbocycles. The molecule has 184 valence electrons. The molecule has 36 heavy (non-hydrogen) atoms. The second kappa shape index (κ2) is 11.6. The van der Waals surface area contributed by atoms with E-state index >= 15 is 0 Å². The van der Waals surface area contributed by atoms with Crippen molar-refractivity contribution in [1.82, 2.24) is 4.31 Å². The van der Waals surface area contributed by atoms with Gasteiger partial charge in [-0.2, -0.15) is 4.31 Å². The van der Waals surface area contributed by atoms with Crippen molar-refractivity contribution in [3.63, 3.8) is 0 Å². The number of amides is 1. The molecule has 9 heteroatoms. The summed E-state index contributed by atoms with van der Waals surface area (Å²) < 4.78 is 34.0. The Morgan fingerprint density at radius 1 is 0.806 bits per heavy atom. The van der Waals surface area contributed by atoms with Crippen LogP contribution in [0.5, 0.6) is 11.5 Å². The fourth-order valence-electron chi connectivity index (χ4n) is 3.42. The summed E-state index contributed by atoms with van der Waals surface area (Å²) in [6, 6.07) is 28.7. The van der Waals surface area contributed by atoms with Gasteiger partial charge in [0.1, 0.15) is 5.75 Å². The number of anilines is 1. The highest BCUT2D eigenvalue weighted by molar-refractivity contribution is 7.89. The summed E-state index contributed by atoms with van der Waals surface area (Å²) in [6.07, 6.45) is 0. The highest BCUT2D eigenvalue weighted by atomic mass is 35.5. The molecule has 0 aliphatic rings. The lowest BCUT2D eigenvalue weighted by Gasteiger charge is -2.23. The number of hydrogen-bond donors (Lipinski definition) is 1. The molecular weight excluding hydrogens is 519 g/mol. The Labute approximate surface area is 220 Å². The van der Waals surface area contributed by atoms with Crippen LogP contribution < -0.4 is 10.1 Å². The Morgan fingerprint density at radius 2 is 1.44 bits per heavy atom. The van der Waals surface area contributed by atoms with Gasteiger partial charge in [-0.1, -0.05) is 71.7 Å². The zero-order chi connectivity index (χ0) is 25.5. The number of carbonyl (C=O) groups is 1. The van der Waals surface area contributed by atoms with Crippen LogP contribution in [0.4, 0.5) is 5.69 Å². The van der Waals surface area contributed by atoms with Crippen LogP contribution in [0.15, 0.2) is 108 Å². The number of hydrogen-bond acceptors (Lipinski definition) is 4. The summed E-state index contributed by atoms with van der Waals surface area (Å²) in [5.41, 5.74) is 0.977. The summed E-state index contributed by atoms with van der Waals surface area (Å²) in [4.78, 5) is 13.1. The van der Waals surface area contributed by atoms with E-state index in [0.29, 0.717) is 32.8 Å². The van der Waals surface area contributed by atoms with Crippen LogP contribution in [-0.4, -0.2) is 25.2 Å². The summed E-state index contributed by atoms with van der Waals surface area (Å²) in [7, 11) is -4.05. The van der Waals surface area contributed by atoms with E-state index in [4.69, 9.17) is 27.9 Å². The average Bonchev–Trinajstić information content (AvgIpc) is 2.87. The molecule has 0 spiro atoms. The molecule has 1 N–H and O–H groups in total. The molecule has 4 aromatic carbocycles. The first-order chi connectivity index (χ1) is 17.3. The van der Waals surface area contributed by atoms with Gasteiger partial charge < -0.3 is 10.1 Å². The van der Waals surface area contributed by atoms with E-state index in [-0.39, 0.29) is 11.4 Å². The molecule has 4 rings (SSSR count). The second-order valence-corrected chi connectivity index (χ2v) is 10.6. The van der Waals surface area contributed by atoms with Crippen LogP contribution >= 0.6 is 23.2 Å². The van der Waals surface area contributed by atoms with Gasteiger partial charge in [0.2, 0.25) is 15.9 Å². The number of sulfonamides is 1. The molecule has 0 aliphatic heterocycles. The molecule has 4 aromatic rings. The topological polar surface area (TPSA) is 75.7 Å². The summed E-state index contributed by atoms with van der Waals surface area (Å²) in [5.74, 6) is 0.490. The number of para-hydroxylation sites is 3. The van der Waals surface area contributed by atoms with E-state index in [1.54, 1.807) is 60.7 Å². The molecule has 0 atom stereocenters. The third-order valence-corrected chi connectivity index (χ3v) is 7.63. The van der Waals surface area contributed by atoms with Crippen molar-refractivity contribution >= 4 is 44.8 Å². The molecule has 1 amide bonds. The van der Waals surface area contributed by atoms with Gasteiger partial charge in [0.15, 0.2) is 5.75 Å². The standard InChI is InChI=1S/C27H22Cl2N2O4S/c28-21-14-16-23(17-15-21)36(33,34)31(18-20-8-4-5-11-24(20)29)19-27(32)30-25-12-6-7-13-26(25)35-22-9-2-1-3-10-22/h1-17H,18-19H2,(H,30,32). The summed E-state index contributed by atoms with van der Waals surface area (Å²) >= 11 is 12.2. The molecule has 6 nitrogen and oxygen atoms in total. The maximum Gasteiger partial charge on any atom is 0.243 e. The Bertz CT molecular complexity index is 1450. The van der Waals surface area contributed by atoms with Gasteiger partial charge in [-0.3, -0.25) is 4.79 Å². The van der Waals surface area contributed by atoms with Crippen molar-refractivity contribution < 1.29 is 17.9 Å². The first-order valence-electron chi connectivity index (χ1n) is 10.9. The largest absolute Gasteiger partial charge is 0.455 e. The van der Waals surface area contributed by atoms with Gasteiger partial charge in [0.25, 0.3) is 0 Å². The second-order valence-electron chi connectivity index (χ2n) is 7.78. The third-order valence-electron chi connectivity index (χ3n) is 5.21. The Hall–Kier alpha value is -3.36. The van der Waals surface area contributed by atoms with E-state index in [2.05, 4.69) is 5.32 Å². The highest BCUT2D eigenvalue weighted by Crippen LogP contribution is 2.29. The van der Waals surface area contributed by atoms with E-state index < -0.39 is 22.5 Å². The van der Waals surface area contributed by atoms with Crippen LogP contribution in [0.2, 0.25) is 10.0 Å². The van der Waals surface area contributed by atoms with Crippen LogP contribution in [0.1, 0.15) is 5.56 Å². The van der Waals surface area contributed by atoms with Gasteiger partial charge >= 0.3 is 0 Å². The maximum absolute atomic E-state index is 13.5. The molecule has 0 saturated carbocycles. The molecule has 0 aromatic heterocycles. The fraction of sp³-hybridized carbons (Fsp3) is 0.0741. The molecule has 0 unspecified atom stereocenters. The van der Waals surface area contributed by atoms with Crippen LogP contribution in [-0.2, 0) is 21.4 Å². The third kappa shape index (κ3) is 6.44. The lowest BCUT2D eigenvalue weighted by atomic mass is 10.2. The predicted octanol–water partition coefficient (Wildman–Crippen LogP) is 6.62. The number of carbonyl (C=O) groups excluding carboxylic acids is 1. The van der Waals surface area contributed by atoms with E-state index in [9.17, 15) is 13.2 Å². The van der Waals surface area contributed by atoms with Crippen molar-refractivity contribution in [3.05, 3.63) is 119 Å². The summed E-state index contributed by atoms with van der Waals surface area (Å²) in [5, 5.41) is 3.57. The minimum atomic E-state index is -4.05. The van der Waals surface area contributed by atoms with E-state index in [0.717, 1.165) is 4.31 Å². The molecule has 0 bridgehead atoms. The fourth-order valence-corrected chi connectivity index (χ4v) is 5.12. The highest BCUT2D eigenvalue weighted by Gasteiger charge is 2.28. The van der Waals surface area contributed by atoms with Crippen LogP contribution in [0.25, 0.3) is 0 Å². The Kier molecular flexibility index (Phi) is 8.28. The van der Waals surface area contributed by atoms with Gasteiger partial charge in [-0.15, -0.1) is 0 Å². The minimum Gasteiger partial charge on any atom is -0.455 e. The number of nitrogens with one attached hydrogen (secondary N) is 1. The number of benzene rings is 4. The maximum atomic E-state index is 13.5. The van der Waals surface area contributed by atoms with E-state index in [1.807, 2.05) is 18.2 Å². The SMILES string of the molecule is O=C(CN(Cc1ccccc1Cl)S(=O)(=O)c1ccc(Cl)cc1)Nc1ccccc1Oc1ccccc1. The summed E-state index contributed by atoms with van der Waals surface area (Å²) in [6.45, 7) is -0.546. The van der Waals surface area contributed by atoms with Crippen molar-refractivity contribution in [2.24, 2.45) is 0 Å². The number of rotatable bonds is 9. The molecule has 0 radical (unpaired) electrons. The molecule has 0 fully saturated rings. The Balaban J connectivity index is 1.59. The minimum absolute atomic E-state index is 0.0135. The van der Waals surface area contributed by atoms with Crippen LogP contribution in [0.3, 0.4) is 0 Å². The van der Waals surface area contributed by atoms with Crippen molar-refractivity contribution in [1.29, 1.82) is 0 Å². The molecular formula is C27H22Cl2N2O4S. The lowest BCUT2D eigenvalue weighted by molar-refractivity contribution is -0.116. The zero-order valence-electron chi connectivity index (χ0n) is 19.0. The van der Waals surface area contributed by atoms with Gasteiger partial charge in [0, 0.05) is 16.6 Å². The number of ether oxygens (including phenoxy) is 1. The number of nitrogens with zero attached hydrogens (tertiary/aromatic N) is 1. The first-order valence-corrected chi connectivity index (χ1v) is 13.1. The van der Waals surface area contributed by atoms with E-state index in [1.165, 1.54) is 24.3 Å². The molecule has 0 saturated heterocycles. The van der Waals surface area contributed by atoms with Gasteiger partial charge in [-0.25, -0.2) is 8.42 Å². The zero-order valence-corrected chi connectivity index (χ0v) is 21.3. The quantitative estimate of drug-likeness (QED) is 0.259. The van der Waals surface area contributed by atoms with Gasteiger partial charge in [0.05, 0.1) is 17.1 Å². The van der Waals surface area contributed by atoms with Crippen molar-refractivity contribution in [3.8, 4) is 11.5 Å². The van der Waals surface area contributed by atoms with Gasteiger partial charge in [-0.05, 0) is 60.2 Å². The van der Waals surface area contributed by atoms with Crippen molar-refractivity contribution in [2.75, 3.05) is 11.9 Å². The number of halogens is 2. The smallest absolute Gasteiger partial charge is 0.243 e. The monoisotopic (exact) mass is 540 g/mol. The predicted molar refractivity (Wildman–Crippen MR) is 142 cm³/mol. The van der Waals surface area contributed by atoms with Crippen LogP contribution in [0, 0.1) is 0 Å². The molecule has 0 heterocycles. The first kappa shape index (κ1) is 25.7.